The highest BCUT2D eigenvalue weighted by Gasteiger charge is 2.27. The molecule has 0 radical (unpaired) electrons. The average Bonchev–Trinajstić information content (AvgIpc) is 2.45. The number of carbonyl (C=O) groups is 2. The summed E-state index contributed by atoms with van der Waals surface area (Å²) in [6.07, 6.45) is 0.537. The number of rotatable bonds is 2. The van der Waals surface area contributed by atoms with E-state index in [0.717, 1.165) is 0 Å². The Hall–Kier alpha value is -1.55. The van der Waals surface area contributed by atoms with Crippen LogP contribution in [0.2, 0.25) is 5.02 Å². The molecule has 1 fully saturated rings. The van der Waals surface area contributed by atoms with Gasteiger partial charge in [0.1, 0.15) is 0 Å². The normalized spacial score (nSPS) is 15.8. The Morgan fingerprint density at radius 2 is 1.68 bits per heavy atom. The summed E-state index contributed by atoms with van der Waals surface area (Å²) < 4.78 is 0. The summed E-state index contributed by atoms with van der Waals surface area (Å²) >= 11 is 5.93. The molecular weight excluding hydrogens is 300 g/mol. The topological polar surface area (TPSA) is 40.6 Å². The van der Waals surface area contributed by atoms with Crippen molar-refractivity contribution >= 4 is 23.4 Å². The van der Waals surface area contributed by atoms with Crippen molar-refractivity contribution in [3.05, 3.63) is 34.9 Å². The zero-order valence-electron chi connectivity index (χ0n) is 13.4. The van der Waals surface area contributed by atoms with Crippen LogP contribution in [0.1, 0.15) is 37.6 Å². The van der Waals surface area contributed by atoms with E-state index < -0.39 is 0 Å². The van der Waals surface area contributed by atoms with E-state index in [1.54, 1.807) is 29.2 Å². The summed E-state index contributed by atoms with van der Waals surface area (Å²) in [5.41, 5.74) is 0.590. The largest absolute Gasteiger partial charge is 0.339 e. The standard InChI is InChI=1S/C17H23ClN2O2/c1-17(2,3)12-15(21)19-7-9-20(10-8-19)16(22)13-5-4-6-14(18)11-13/h4-6,11H,7-10,12H2,1-3H3. The van der Waals surface area contributed by atoms with Crippen LogP contribution in [0.4, 0.5) is 0 Å². The lowest BCUT2D eigenvalue weighted by molar-refractivity contribution is -0.134. The fraction of sp³-hybridized carbons (Fsp3) is 0.529. The van der Waals surface area contributed by atoms with E-state index in [0.29, 0.717) is 43.2 Å². The molecule has 0 bridgehead atoms. The van der Waals surface area contributed by atoms with Gasteiger partial charge in [-0.3, -0.25) is 9.59 Å². The first-order chi connectivity index (χ1) is 10.3. The zero-order valence-corrected chi connectivity index (χ0v) is 14.2. The minimum atomic E-state index is -0.0228. The number of carbonyl (C=O) groups excluding carboxylic acids is 2. The molecule has 22 heavy (non-hydrogen) atoms. The Bertz CT molecular complexity index is 558. The minimum absolute atomic E-state index is 0.00910. The molecule has 0 unspecified atom stereocenters. The first kappa shape index (κ1) is 16.8. The maximum absolute atomic E-state index is 12.4. The van der Waals surface area contributed by atoms with Gasteiger partial charge in [0.25, 0.3) is 5.91 Å². The van der Waals surface area contributed by atoms with Crippen LogP contribution in [0.5, 0.6) is 0 Å². The third-order valence-corrected chi connectivity index (χ3v) is 3.91. The molecule has 1 aliphatic rings. The van der Waals surface area contributed by atoms with Crippen molar-refractivity contribution in [2.24, 2.45) is 5.41 Å². The fourth-order valence-electron chi connectivity index (χ4n) is 2.53. The van der Waals surface area contributed by atoms with Gasteiger partial charge < -0.3 is 9.80 Å². The highest BCUT2D eigenvalue weighted by Crippen LogP contribution is 2.21. The molecule has 4 nitrogen and oxygen atoms in total. The predicted molar refractivity (Wildman–Crippen MR) is 88.0 cm³/mol. The Balaban J connectivity index is 1.92. The Morgan fingerprint density at radius 1 is 1.09 bits per heavy atom. The van der Waals surface area contributed by atoms with E-state index in [4.69, 9.17) is 11.6 Å². The molecule has 120 valence electrons. The van der Waals surface area contributed by atoms with Gasteiger partial charge in [-0.25, -0.2) is 0 Å². The first-order valence-electron chi connectivity index (χ1n) is 7.59. The third kappa shape index (κ3) is 4.47. The smallest absolute Gasteiger partial charge is 0.254 e. The third-order valence-electron chi connectivity index (χ3n) is 3.67. The Morgan fingerprint density at radius 3 is 2.23 bits per heavy atom. The van der Waals surface area contributed by atoms with E-state index >= 15 is 0 Å². The van der Waals surface area contributed by atoms with Crippen molar-refractivity contribution < 1.29 is 9.59 Å². The number of piperazine rings is 1. The van der Waals surface area contributed by atoms with Gasteiger partial charge in [-0.1, -0.05) is 38.4 Å². The predicted octanol–water partition coefficient (Wildman–Crippen LogP) is 3.06. The van der Waals surface area contributed by atoms with Crippen LogP contribution in [0.25, 0.3) is 0 Å². The molecule has 0 atom stereocenters. The molecule has 1 aliphatic heterocycles. The molecule has 2 rings (SSSR count). The van der Waals surface area contributed by atoms with E-state index in [9.17, 15) is 9.59 Å². The summed E-state index contributed by atoms with van der Waals surface area (Å²) in [6, 6.07) is 6.98. The van der Waals surface area contributed by atoms with Crippen LogP contribution >= 0.6 is 11.6 Å². The number of hydrogen-bond donors (Lipinski definition) is 0. The van der Waals surface area contributed by atoms with Gasteiger partial charge in [-0.15, -0.1) is 0 Å². The molecule has 1 saturated heterocycles. The average molecular weight is 323 g/mol. The SMILES string of the molecule is CC(C)(C)CC(=O)N1CCN(C(=O)c2cccc(Cl)c2)CC1. The van der Waals surface area contributed by atoms with Crippen LogP contribution < -0.4 is 0 Å². The van der Waals surface area contributed by atoms with Crippen molar-refractivity contribution in [1.82, 2.24) is 9.80 Å². The molecule has 1 aromatic rings. The van der Waals surface area contributed by atoms with Gasteiger partial charge >= 0.3 is 0 Å². The van der Waals surface area contributed by atoms with E-state index in [1.807, 2.05) is 4.90 Å². The number of hydrogen-bond acceptors (Lipinski definition) is 2. The Labute approximate surface area is 137 Å². The zero-order chi connectivity index (χ0) is 16.3. The lowest BCUT2D eigenvalue weighted by Crippen LogP contribution is -2.51. The monoisotopic (exact) mass is 322 g/mol. The molecular formula is C17H23ClN2O2. The molecule has 0 saturated carbocycles. The highest BCUT2D eigenvalue weighted by molar-refractivity contribution is 6.30. The Kier molecular flexibility index (Phi) is 5.12. The molecule has 0 aliphatic carbocycles. The van der Waals surface area contributed by atoms with Gasteiger partial charge in [0.2, 0.25) is 5.91 Å². The molecule has 0 N–H and O–H groups in total. The summed E-state index contributed by atoms with van der Waals surface area (Å²) in [4.78, 5) is 28.3. The maximum atomic E-state index is 12.4. The second-order valence-corrected chi connectivity index (χ2v) is 7.36. The van der Waals surface area contributed by atoms with Crippen LogP contribution in [0.3, 0.4) is 0 Å². The van der Waals surface area contributed by atoms with Crippen molar-refractivity contribution in [1.29, 1.82) is 0 Å². The van der Waals surface area contributed by atoms with Gasteiger partial charge in [-0.2, -0.15) is 0 Å². The van der Waals surface area contributed by atoms with Gasteiger partial charge in [-0.05, 0) is 23.6 Å². The summed E-state index contributed by atoms with van der Waals surface area (Å²) in [5.74, 6) is 0.146. The lowest BCUT2D eigenvalue weighted by atomic mass is 9.91. The number of benzene rings is 1. The molecule has 1 aromatic carbocycles. The number of amides is 2. The van der Waals surface area contributed by atoms with Crippen molar-refractivity contribution in [3.63, 3.8) is 0 Å². The van der Waals surface area contributed by atoms with E-state index in [1.165, 1.54) is 0 Å². The van der Waals surface area contributed by atoms with Crippen LogP contribution in [0.15, 0.2) is 24.3 Å². The van der Waals surface area contributed by atoms with Gasteiger partial charge in [0, 0.05) is 43.2 Å². The van der Waals surface area contributed by atoms with E-state index in [2.05, 4.69) is 20.8 Å². The van der Waals surface area contributed by atoms with Crippen molar-refractivity contribution in [3.8, 4) is 0 Å². The second kappa shape index (κ2) is 6.69. The second-order valence-electron chi connectivity index (χ2n) is 6.92. The van der Waals surface area contributed by atoms with Gasteiger partial charge in [0.15, 0.2) is 0 Å². The summed E-state index contributed by atoms with van der Waals surface area (Å²) in [7, 11) is 0. The highest BCUT2D eigenvalue weighted by atomic mass is 35.5. The molecule has 0 aromatic heterocycles. The molecule has 1 heterocycles. The maximum Gasteiger partial charge on any atom is 0.254 e. The summed E-state index contributed by atoms with van der Waals surface area (Å²) in [6.45, 7) is 8.52. The summed E-state index contributed by atoms with van der Waals surface area (Å²) in [5, 5.41) is 0.560. The fourth-order valence-corrected chi connectivity index (χ4v) is 2.72. The van der Waals surface area contributed by atoms with Gasteiger partial charge in [0.05, 0.1) is 0 Å². The molecule has 5 heteroatoms. The first-order valence-corrected chi connectivity index (χ1v) is 7.97. The van der Waals surface area contributed by atoms with Crippen molar-refractivity contribution in [2.45, 2.75) is 27.2 Å². The van der Waals surface area contributed by atoms with Crippen LogP contribution in [0, 0.1) is 5.41 Å². The number of nitrogens with zero attached hydrogens (tertiary/aromatic N) is 2. The number of halogens is 1. The van der Waals surface area contributed by atoms with E-state index in [-0.39, 0.29) is 17.2 Å². The minimum Gasteiger partial charge on any atom is -0.339 e. The molecule has 0 spiro atoms. The van der Waals surface area contributed by atoms with Crippen LogP contribution in [-0.2, 0) is 4.79 Å². The lowest BCUT2D eigenvalue weighted by Gasteiger charge is -2.36. The van der Waals surface area contributed by atoms with Crippen molar-refractivity contribution in [2.75, 3.05) is 26.2 Å². The molecule has 2 amide bonds. The quantitative estimate of drug-likeness (QED) is 0.839. The van der Waals surface area contributed by atoms with Crippen LogP contribution in [-0.4, -0.2) is 47.8 Å².